The van der Waals surface area contributed by atoms with Gasteiger partial charge in [-0.1, -0.05) is 110 Å². The third kappa shape index (κ3) is 30.4. The minimum atomic E-state index is -3.92. The lowest BCUT2D eigenvalue weighted by atomic mass is 10.1. The number of nitro groups is 2. The van der Waals surface area contributed by atoms with E-state index in [1.807, 2.05) is 11.8 Å². The summed E-state index contributed by atoms with van der Waals surface area (Å²) in [6.07, 6.45) is 11.2. The number of nitrogens with one attached hydrogen (secondary N) is 1. The molecule has 0 radical (unpaired) electrons. The molecular weight excluding hydrogens is 798 g/mol. The molecule has 0 heterocycles. The van der Waals surface area contributed by atoms with Gasteiger partial charge in [0.25, 0.3) is 11.4 Å². The third-order valence-electron chi connectivity index (χ3n) is 7.48. The summed E-state index contributed by atoms with van der Waals surface area (Å²) in [6, 6.07) is 8.12. The van der Waals surface area contributed by atoms with E-state index in [4.69, 9.17) is 27.6 Å². The topological polar surface area (TPSA) is 117 Å². The second-order valence-electron chi connectivity index (χ2n) is 14.7. The van der Waals surface area contributed by atoms with Gasteiger partial charge in [-0.25, -0.2) is 0 Å². The summed E-state index contributed by atoms with van der Waals surface area (Å²) in [5.74, 6) is -3.92. The molecule has 0 amide bonds. The molecule has 0 saturated heterocycles. The maximum Gasteiger partial charge on any atom is 0.360 e. The lowest BCUT2D eigenvalue weighted by Gasteiger charge is -2.24. The van der Waals surface area contributed by atoms with E-state index in [1.165, 1.54) is 115 Å². The number of carbonyl (C=O) groups excluding carboxylic acids is 1. The van der Waals surface area contributed by atoms with E-state index in [0.717, 1.165) is 6.07 Å². The number of rotatable bonds is 16. The highest BCUT2D eigenvalue weighted by Crippen LogP contribution is 2.31. The number of aldehydes is 1. The summed E-state index contributed by atoms with van der Waals surface area (Å²) >= 11 is 11.6. The van der Waals surface area contributed by atoms with E-state index in [1.54, 1.807) is 6.07 Å². The maximum atomic E-state index is 11.6. The number of carbonyl (C=O) groups is 1. The van der Waals surface area contributed by atoms with Gasteiger partial charge in [-0.05, 0) is 58.0 Å². The van der Waals surface area contributed by atoms with Crippen LogP contribution in [0.2, 0.25) is 49.3 Å². The number of halogens is 6. The number of alkyl halides is 3. The predicted molar refractivity (Wildman–Crippen MR) is 225 cm³/mol. The molecule has 1 N–H and O–H groups in total. The number of nitrogens with zero attached hydrogens (tertiary/aromatic N) is 2. The maximum absolute atomic E-state index is 11.6. The smallest absolute Gasteiger partial charge is 0.360 e. The summed E-state index contributed by atoms with van der Waals surface area (Å²) in [7, 11) is -4.56. The molecule has 0 aliphatic heterocycles. The van der Waals surface area contributed by atoms with E-state index in [-0.39, 0.29) is 32.8 Å². The van der Waals surface area contributed by atoms with E-state index in [2.05, 4.69) is 54.3 Å². The quantitative estimate of drug-likeness (QED) is 0.0591. The number of hydrogen-bond acceptors (Lipinski definition) is 6. The number of nitro benzene ring substituents is 2. The van der Waals surface area contributed by atoms with Crippen LogP contribution < -0.4 is 9.60 Å². The Morgan fingerprint density at radius 2 is 1.11 bits per heavy atom. The van der Waals surface area contributed by atoms with Gasteiger partial charge in [0.05, 0.1) is 40.6 Å². The van der Waals surface area contributed by atoms with Crippen LogP contribution in [0.4, 0.5) is 24.5 Å². The monoisotopic (exact) mass is 863 g/mol. The van der Waals surface area contributed by atoms with Gasteiger partial charge in [-0.3, -0.25) is 25.0 Å². The van der Waals surface area contributed by atoms with Gasteiger partial charge in [-0.2, -0.15) is 13.2 Å². The lowest BCUT2D eigenvalue weighted by molar-refractivity contribution is -0.900. The van der Waals surface area contributed by atoms with E-state index in [0.29, 0.717) is 16.9 Å². The van der Waals surface area contributed by atoms with Crippen molar-refractivity contribution >= 4 is 57.3 Å². The Kier molecular flexibility index (Phi) is 34.1. The summed E-state index contributed by atoms with van der Waals surface area (Å²) in [6.45, 7) is 27.3. The first-order valence-electron chi connectivity index (χ1n) is 18.8. The van der Waals surface area contributed by atoms with Crippen molar-refractivity contribution in [2.75, 3.05) is 19.6 Å². The summed E-state index contributed by atoms with van der Waals surface area (Å²) in [5, 5.41) is 21.6. The zero-order valence-electron chi connectivity index (χ0n) is 35.0. The predicted octanol–water partition coefficient (Wildman–Crippen LogP) is 9.73. The Labute approximate surface area is 339 Å². The molecule has 0 aliphatic rings. The third-order valence-corrected chi connectivity index (χ3v) is 10.9. The molecule has 0 bridgehead atoms. The highest BCUT2D eigenvalue weighted by Gasteiger charge is 2.45. The number of non-ortho nitro benzene ring substituents is 2. The number of benzene rings is 2. The lowest BCUT2D eigenvalue weighted by Crippen LogP contribution is -3.12. The molecule has 320 valence electrons. The Morgan fingerprint density at radius 1 is 0.745 bits per heavy atom. The highest BCUT2D eigenvalue weighted by molar-refractivity contribution is 6.78. The minimum absolute atomic E-state index is 0. The summed E-state index contributed by atoms with van der Waals surface area (Å²) in [5.41, 5.74) is 0.700. The van der Waals surface area contributed by atoms with Crippen LogP contribution >= 0.6 is 23.2 Å². The first-order valence-corrected chi connectivity index (χ1v) is 26.4. The molecule has 9 nitrogen and oxygen atoms in total. The Hall–Kier alpha value is -2.44. The van der Waals surface area contributed by atoms with Crippen molar-refractivity contribution in [1.29, 1.82) is 0 Å². The fraction of sp³-hybridized carbons (Fsp3) is 0.658. The Morgan fingerprint density at radius 3 is 1.40 bits per heavy atom. The molecule has 0 saturated carbocycles. The van der Waals surface area contributed by atoms with Gasteiger partial charge in [0.1, 0.15) is 0 Å². The van der Waals surface area contributed by atoms with Crippen molar-refractivity contribution in [2.24, 2.45) is 0 Å². The number of hydrogen-bond donors (Lipinski definition) is 1. The normalized spacial score (nSPS) is 11.5. The average Bonchev–Trinajstić information content (AvgIpc) is 3.07. The highest BCUT2D eigenvalue weighted by atomic mass is 35.5. The summed E-state index contributed by atoms with van der Waals surface area (Å²) < 4.78 is 40.7. The number of unbranched alkanes of at least 4 members (excludes halogenated alkanes) is 4. The van der Waals surface area contributed by atoms with E-state index < -0.39 is 32.0 Å². The molecular formula is C38H67Cl2F4N3O6Si2. The minimum Gasteiger partial charge on any atom is -1.00 e. The van der Waals surface area contributed by atoms with Crippen LogP contribution in [-0.4, -0.2) is 58.0 Å². The van der Waals surface area contributed by atoms with Gasteiger partial charge < -0.3 is 14.0 Å². The fourth-order valence-electron chi connectivity index (χ4n) is 3.94. The van der Waals surface area contributed by atoms with Gasteiger partial charge in [-0.15, -0.1) is 0 Å². The summed E-state index contributed by atoms with van der Waals surface area (Å²) in [4.78, 5) is 32.1. The van der Waals surface area contributed by atoms with Crippen molar-refractivity contribution in [2.45, 2.75) is 144 Å². The SMILES string of the molecule is CC(O[Si](C)(C)C)c1cc([N+](=O)[O-])ccc1Cl.CCCC.CCCC[NH+](CCCC)CCCC.C[Si](C)(C)C(F)(F)F.O=Cc1cc([N+](=O)[O-])ccc1Cl.[F-]. The van der Waals surface area contributed by atoms with Crippen LogP contribution in [0.3, 0.4) is 0 Å². The Balaban J connectivity index is -0.000000311. The standard InChI is InChI=1S/C12H27N.C11H16ClNO3Si.C7H4ClNO3.C4H9F3Si.C4H10.FH/c1-4-7-10-13(11-8-5-2)12-9-6-3;1-8(16-17(2,3)4)10-7-9(13(14)15)5-6-11(10)12;8-7-2-1-6(9(11)12)3-5(7)4-10;1-8(2,3)4(5,6)7;1-3-4-2;/h4-12H2,1-3H3;5-8H,1-4H3;1-4H;1-3H3;3-4H2,1-2H3;1H. The molecule has 0 spiro atoms. The zero-order chi connectivity index (χ0) is 42.7. The van der Waals surface area contributed by atoms with Crippen LogP contribution in [0.5, 0.6) is 0 Å². The van der Waals surface area contributed by atoms with Crippen molar-refractivity contribution in [3.8, 4) is 0 Å². The molecule has 2 aromatic carbocycles. The Bertz CT molecular complexity index is 1320. The van der Waals surface area contributed by atoms with Gasteiger partial charge in [0.15, 0.2) is 22.7 Å². The first kappa shape index (κ1) is 59.3. The molecule has 2 rings (SSSR count). The van der Waals surface area contributed by atoms with Gasteiger partial charge in [0, 0.05) is 40.4 Å². The van der Waals surface area contributed by atoms with E-state index >= 15 is 0 Å². The van der Waals surface area contributed by atoms with Crippen molar-refractivity contribution in [1.82, 2.24) is 0 Å². The molecule has 0 aromatic heterocycles. The van der Waals surface area contributed by atoms with Crippen molar-refractivity contribution in [3.05, 3.63) is 77.8 Å². The molecule has 0 aliphatic carbocycles. The van der Waals surface area contributed by atoms with Crippen LogP contribution in [0.1, 0.15) is 115 Å². The molecule has 1 unspecified atom stereocenters. The van der Waals surface area contributed by atoms with Crippen molar-refractivity contribution in [3.63, 3.8) is 0 Å². The number of quaternary nitrogens is 1. The zero-order valence-corrected chi connectivity index (χ0v) is 38.5. The van der Waals surface area contributed by atoms with Crippen molar-refractivity contribution < 1.29 is 41.8 Å². The molecule has 0 fully saturated rings. The van der Waals surface area contributed by atoms with Crippen LogP contribution in [-0.2, 0) is 4.43 Å². The second kappa shape index (κ2) is 31.6. The van der Waals surface area contributed by atoms with Crippen LogP contribution in [0.25, 0.3) is 0 Å². The molecule has 55 heavy (non-hydrogen) atoms. The first-order chi connectivity index (χ1) is 24.9. The largest absolute Gasteiger partial charge is 1.00 e. The fourth-order valence-corrected chi connectivity index (χ4v) is 5.56. The average molecular weight is 865 g/mol. The van der Waals surface area contributed by atoms with Gasteiger partial charge in [0.2, 0.25) is 0 Å². The second-order valence-corrected chi connectivity index (χ2v) is 25.1. The van der Waals surface area contributed by atoms with Crippen LogP contribution in [0, 0.1) is 20.2 Å². The van der Waals surface area contributed by atoms with E-state index in [9.17, 15) is 38.2 Å². The van der Waals surface area contributed by atoms with Crippen LogP contribution in [0.15, 0.2) is 36.4 Å². The molecule has 2 aromatic rings. The van der Waals surface area contributed by atoms with Gasteiger partial charge >= 0.3 is 5.80 Å². The molecule has 1 atom stereocenters. The molecule has 17 heteroatoms.